The zero-order valence-electron chi connectivity index (χ0n) is 17.7. The van der Waals surface area contributed by atoms with Crippen molar-refractivity contribution in [3.05, 3.63) is 60.2 Å². The highest BCUT2D eigenvalue weighted by Gasteiger charge is 2.45. The number of carbonyl (C=O) groups excluding carboxylic acids is 3. The predicted molar refractivity (Wildman–Crippen MR) is 118 cm³/mol. The molecule has 1 saturated heterocycles. The van der Waals surface area contributed by atoms with Crippen molar-refractivity contribution in [2.75, 3.05) is 16.3 Å². The second-order valence-corrected chi connectivity index (χ2v) is 8.89. The van der Waals surface area contributed by atoms with Gasteiger partial charge < -0.3 is 14.7 Å². The molecule has 3 aliphatic rings. The first-order valence-electron chi connectivity index (χ1n) is 11.1. The van der Waals surface area contributed by atoms with Gasteiger partial charge in [0, 0.05) is 31.5 Å². The van der Waals surface area contributed by atoms with Gasteiger partial charge in [-0.2, -0.15) is 0 Å². The predicted octanol–water partition coefficient (Wildman–Crippen LogP) is 3.36. The van der Waals surface area contributed by atoms with Crippen LogP contribution >= 0.6 is 0 Å². The van der Waals surface area contributed by atoms with E-state index in [0.29, 0.717) is 19.1 Å². The first kappa shape index (κ1) is 19.8. The van der Waals surface area contributed by atoms with Gasteiger partial charge in [0.15, 0.2) is 0 Å². The third-order valence-electron chi connectivity index (χ3n) is 6.56. The van der Waals surface area contributed by atoms with E-state index in [-0.39, 0.29) is 42.5 Å². The normalized spacial score (nSPS) is 23.7. The van der Waals surface area contributed by atoms with Gasteiger partial charge in [0.25, 0.3) is 0 Å². The minimum atomic E-state index is -0.348. The number of carbonyl (C=O) groups is 3. The van der Waals surface area contributed by atoms with Gasteiger partial charge >= 0.3 is 0 Å². The van der Waals surface area contributed by atoms with Crippen LogP contribution in [0.15, 0.2) is 54.6 Å². The highest BCUT2D eigenvalue weighted by molar-refractivity contribution is 6.07. The Bertz CT molecular complexity index is 1020. The number of likely N-dealkylation sites (tertiary alicyclic amines) is 1. The summed E-state index contributed by atoms with van der Waals surface area (Å²) in [6, 6.07) is 17.6. The summed E-state index contributed by atoms with van der Waals surface area (Å²) in [4.78, 5) is 44.7. The Balaban J connectivity index is 1.47. The molecule has 0 radical (unpaired) electrons. The number of benzene rings is 2. The van der Waals surface area contributed by atoms with Crippen molar-refractivity contribution in [1.29, 1.82) is 0 Å². The highest BCUT2D eigenvalue weighted by atomic mass is 16.2. The van der Waals surface area contributed by atoms with Crippen molar-refractivity contribution in [2.45, 2.75) is 51.2 Å². The molecule has 5 rings (SSSR count). The Morgan fingerprint density at radius 1 is 0.903 bits per heavy atom. The number of rotatable bonds is 4. The average molecular weight is 418 g/mol. The third-order valence-corrected chi connectivity index (χ3v) is 6.56. The molecular formula is C25H27N3O3. The molecule has 6 nitrogen and oxygen atoms in total. The topological polar surface area (TPSA) is 60.9 Å². The summed E-state index contributed by atoms with van der Waals surface area (Å²) in [6.07, 6.45) is 2.60. The maximum atomic E-state index is 13.6. The van der Waals surface area contributed by atoms with Crippen LogP contribution in [0, 0.1) is 5.92 Å². The number of nitrogens with zero attached hydrogens (tertiary/aromatic N) is 3. The summed E-state index contributed by atoms with van der Waals surface area (Å²) >= 11 is 0. The molecule has 2 aromatic rings. The Morgan fingerprint density at radius 2 is 1.58 bits per heavy atom. The summed E-state index contributed by atoms with van der Waals surface area (Å²) in [7, 11) is 0. The average Bonchev–Trinajstić information content (AvgIpc) is 3.55. The second-order valence-electron chi connectivity index (χ2n) is 8.89. The molecule has 2 aromatic carbocycles. The molecule has 160 valence electrons. The lowest BCUT2D eigenvalue weighted by atomic mass is 10.0. The lowest BCUT2D eigenvalue weighted by molar-refractivity contribution is -0.129. The van der Waals surface area contributed by atoms with Crippen LogP contribution in [0.3, 0.4) is 0 Å². The number of hydrogen-bond donors (Lipinski definition) is 0. The van der Waals surface area contributed by atoms with E-state index >= 15 is 0 Å². The Morgan fingerprint density at radius 3 is 2.29 bits per heavy atom. The number of para-hydroxylation sites is 2. The van der Waals surface area contributed by atoms with Crippen molar-refractivity contribution >= 4 is 29.1 Å². The van der Waals surface area contributed by atoms with E-state index in [9.17, 15) is 14.4 Å². The van der Waals surface area contributed by atoms with Gasteiger partial charge in [0.05, 0.1) is 23.8 Å². The van der Waals surface area contributed by atoms with Crippen molar-refractivity contribution in [3.63, 3.8) is 0 Å². The first-order valence-corrected chi connectivity index (χ1v) is 11.1. The molecule has 0 unspecified atom stereocenters. The fraction of sp³-hybridized carbons (Fsp3) is 0.400. The molecule has 0 aromatic heterocycles. The van der Waals surface area contributed by atoms with Crippen LogP contribution in [0.2, 0.25) is 0 Å². The SMILES string of the molecule is C[C@@H]1CC(=O)N(Cc2ccccc2)c2ccccc2N1C(=O)[C@H]1CC(=O)N(C2CC2)C1. The third kappa shape index (κ3) is 3.71. The Labute approximate surface area is 182 Å². The van der Waals surface area contributed by atoms with E-state index in [1.807, 2.05) is 66.4 Å². The van der Waals surface area contributed by atoms with E-state index in [4.69, 9.17) is 0 Å². The molecule has 31 heavy (non-hydrogen) atoms. The molecule has 3 amide bonds. The summed E-state index contributed by atoms with van der Waals surface area (Å²) in [5.41, 5.74) is 2.54. The lowest BCUT2D eigenvalue weighted by Gasteiger charge is -2.30. The minimum Gasteiger partial charge on any atom is -0.339 e. The quantitative estimate of drug-likeness (QED) is 0.767. The molecule has 2 fully saturated rings. The molecule has 6 heteroatoms. The Hall–Kier alpha value is -3.15. The van der Waals surface area contributed by atoms with Gasteiger partial charge in [0.2, 0.25) is 17.7 Å². The van der Waals surface area contributed by atoms with Crippen molar-refractivity contribution in [1.82, 2.24) is 4.90 Å². The number of fused-ring (bicyclic) bond motifs is 1. The monoisotopic (exact) mass is 417 g/mol. The standard InChI is InChI=1S/C25H27N3O3/c1-17-13-23(29)27(15-18-7-3-2-4-8-18)21-9-5-6-10-22(21)28(17)25(31)19-14-24(30)26(16-19)20-11-12-20/h2-10,17,19-20H,11-16H2,1H3/t17-,19+/m1/s1. The van der Waals surface area contributed by atoms with Crippen LogP contribution in [0.4, 0.5) is 11.4 Å². The summed E-state index contributed by atoms with van der Waals surface area (Å²) in [5.74, 6) is -0.315. The molecule has 0 bridgehead atoms. The molecule has 0 N–H and O–H groups in total. The summed E-state index contributed by atoms with van der Waals surface area (Å²) in [6.45, 7) is 2.88. The highest BCUT2D eigenvalue weighted by Crippen LogP contribution is 2.39. The molecule has 0 spiro atoms. The fourth-order valence-electron chi connectivity index (χ4n) is 4.83. The van der Waals surface area contributed by atoms with Crippen molar-refractivity contribution in [3.8, 4) is 0 Å². The fourth-order valence-corrected chi connectivity index (χ4v) is 4.83. The lowest BCUT2D eigenvalue weighted by Crippen LogP contribution is -2.43. The zero-order chi connectivity index (χ0) is 21.5. The van der Waals surface area contributed by atoms with Crippen LogP contribution in [0.1, 0.15) is 38.2 Å². The molecule has 1 aliphatic carbocycles. The van der Waals surface area contributed by atoms with Crippen molar-refractivity contribution in [2.24, 2.45) is 5.92 Å². The molecule has 2 atom stereocenters. The van der Waals surface area contributed by atoms with E-state index in [2.05, 4.69) is 0 Å². The number of hydrogen-bond acceptors (Lipinski definition) is 3. The smallest absolute Gasteiger partial charge is 0.232 e. The molecule has 2 aliphatic heterocycles. The van der Waals surface area contributed by atoms with Crippen LogP contribution in [0.5, 0.6) is 0 Å². The summed E-state index contributed by atoms with van der Waals surface area (Å²) < 4.78 is 0. The van der Waals surface area contributed by atoms with Gasteiger partial charge in [-0.05, 0) is 37.5 Å². The maximum Gasteiger partial charge on any atom is 0.232 e. The second kappa shape index (κ2) is 7.84. The number of amides is 3. The van der Waals surface area contributed by atoms with Gasteiger partial charge in [0.1, 0.15) is 0 Å². The molecular weight excluding hydrogens is 390 g/mol. The molecule has 1 saturated carbocycles. The van der Waals surface area contributed by atoms with Crippen LogP contribution in [-0.2, 0) is 20.9 Å². The van der Waals surface area contributed by atoms with Crippen LogP contribution in [-0.4, -0.2) is 41.2 Å². The van der Waals surface area contributed by atoms with E-state index in [1.165, 1.54) is 0 Å². The minimum absolute atomic E-state index is 0.00112. The van der Waals surface area contributed by atoms with Gasteiger partial charge in [-0.25, -0.2) is 0 Å². The van der Waals surface area contributed by atoms with Gasteiger partial charge in [-0.3, -0.25) is 14.4 Å². The van der Waals surface area contributed by atoms with Crippen LogP contribution < -0.4 is 9.80 Å². The first-order chi connectivity index (χ1) is 15.0. The van der Waals surface area contributed by atoms with E-state index in [0.717, 1.165) is 29.8 Å². The maximum absolute atomic E-state index is 13.6. The Kier molecular flexibility index (Phi) is 5.00. The van der Waals surface area contributed by atoms with Gasteiger partial charge in [-0.15, -0.1) is 0 Å². The van der Waals surface area contributed by atoms with Crippen LogP contribution in [0.25, 0.3) is 0 Å². The van der Waals surface area contributed by atoms with Crippen molar-refractivity contribution < 1.29 is 14.4 Å². The van der Waals surface area contributed by atoms with E-state index < -0.39 is 0 Å². The molecule has 2 heterocycles. The van der Waals surface area contributed by atoms with E-state index in [1.54, 1.807) is 9.80 Å². The zero-order valence-corrected chi connectivity index (χ0v) is 17.7. The van der Waals surface area contributed by atoms with Gasteiger partial charge in [-0.1, -0.05) is 42.5 Å². The summed E-state index contributed by atoms with van der Waals surface area (Å²) in [5, 5.41) is 0. The largest absolute Gasteiger partial charge is 0.339 e. The number of anilines is 2.